The molecule has 0 saturated heterocycles. The van der Waals surface area contributed by atoms with Gasteiger partial charge in [0.1, 0.15) is 5.82 Å². The summed E-state index contributed by atoms with van der Waals surface area (Å²) in [5, 5.41) is 4.13. The minimum atomic E-state index is 0.363. The van der Waals surface area contributed by atoms with Crippen molar-refractivity contribution in [2.45, 2.75) is 27.2 Å². The van der Waals surface area contributed by atoms with E-state index in [1.54, 1.807) is 0 Å². The first-order valence-corrected chi connectivity index (χ1v) is 8.87. The van der Waals surface area contributed by atoms with Crippen LogP contribution in [0.15, 0.2) is 57.7 Å². The lowest BCUT2D eigenvalue weighted by Gasteiger charge is -2.19. The molecule has 0 fully saturated rings. The fourth-order valence-corrected chi connectivity index (χ4v) is 3.35. The van der Waals surface area contributed by atoms with Gasteiger partial charge in [0, 0.05) is 21.5 Å². The number of nitrogens with two attached hydrogens (primary N) is 1. The van der Waals surface area contributed by atoms with Crippen molar-refractivity contribution in [1.82, 2.24) is 9.97 Å². The van der Waals surface area contributed by atoms with E-state index in [0.29, 0.717) is 17.7 Å². The van der Waals surface area contributed by atoms with Crippen molar-refractivity contribution in [3.63, 3.8) is 0 Å². The van der Waals surface area contributed by atoms with Crippen molar-refractivity contribution in [2.75, 3.05) is 11.1 Å². The van der Waals surface area contributed by atoms with E-state index in [1.165, 1.54) is 11.1 Å². The lowest BCUT2D eigenvalue weighted by molar-refractivity contribution is 0.841. The standard InChI is InChI=1S/C19H21BrN4/c1-4-11(2)14-9-8-13(10-12(14)3)22-19-23-17-15(18(21)24-19)6-5-7-16(17)20/h5-10,12H,4H2,1-3H3,(H3,21,22,23,24)/b14-11+. The number of halogens is 1. The van der Waals surface area contributed by atoms with Crippen LogP contribution in [-0.2, 0) is 0 Å². The van der Waals surface area contributed by atoms with Crippen LogP contribution in [0.5, 0.6) is 0 Å². The Kier molecular flexibility index (Phi) is 4.71. The summed E-state index contributed by atoms with van der Waals surface area (Å²) in [6.07, 6.45) is 7.50. The van der Waals surface area contributed by atoms with E-state index in [-0.39, 0.29) is 0 Å². The highest BCUT2D eigenvalue weighted by atomic mass is 79.9. The molecule has 0 bridgehead atoms. The Morgan fingerprint density at radius 1 is 1.29 bits per heavy atom. The SMILES string of the molecule is CC/C(C)=C1\C=CC(Nc2nc(N)c3cccc(Br)c3n2)=CC1C. The molecule has 1 aliphatic rings. The molecule has 5 heteroatoms. The summed E-state index contributed by atoms with van der Waals surface area (Å²) >= 11 is 3.52. The largest absolute Gasteiger partial charge is 0.383 e. The second kappa shape index (κ2) is 6.77. The van der Waals surface area contributed by atoms with Crippen LogP contribution >= 0.6 is 15.9 Å². The number of hydrogen-bond donors (Lipinski definition) is 2. The van der Waals surface area contributed by atoms with Crippen molar-refractivity contribution in [1.29, 1.82) is 0 Å². The highest BCUT2D eigenvalue weighted by Crippen LogP contribution is 2.29. The van der Waals surface area contributed by atoms with E-state index < -0.39 is 0 Å². The van der Waals surface area contributed by atoms with E-state index in [0.717, 1.165) is 27.5 Å². The van der Waals surface area contributed by atoms with Gasteiger partial charge in [0.15, 0.2) is 0 Å². The molecule has 124 valence electrons. The van der Waals surface area contributed by atoms with Crippen LogP contribution in [-0.4, -0.2) is 9.97 Å². The summed E-state index contributed by atoms with van der Waals surface area (Å²) in [5.41, 5.74) is 10.7. The van der Waals surface area contributed by atoms with Gasteiger partial charge in [-0.15, -0.1) is 0 Å². The first-order chi connectivity index (χ1) is 11.5. The molecule has 24 heavy (non-hydrogen) atoms. The number of benzene rings is 1. The van der Waals surface area contributed by atoms with Crippen LogP contribution in [0.2, 0.25) is 0 Å². The summed E-state index contributed by atoms with van der Waals surface area (Å²) in [7, 11) is 0. The van der Waals surface area contributed by atoms with E-state index in [2.05, 4.69) is 70.2 Å². The van der Waals surface area contributed by atoms with Gasteiger partial charge in [0.25, 0.3) is 0 Å². The third-order valence-electron chi connectivity index (χ3n) is 4.35. The van der Waals surface area contributed by atoms with Gasteiger partial charge in [0.2, 0.25) is 5.95 Å². The predicted molar refractivity (Wildman–Crippen MR) is 105 cm³/mol. The van der Waals surface area contributed by atoms with Crippen molar-refractivity contribution < 1.29 is 0 Å². The monoisotopic (exact) mass is 384 g/mol. The fourth-order valence-electron chi connectivity index (χ4n) is 2.89. The number of para-hydroxylation sites is 1. The number of rotatable bonds is 3. The molecule has 3 rings (SSSR count). The highest BCUT2D eigenvalue weighted by Gasteiger charge is 2.14. The zero-order chi connectivity index (χ0) is 17.3. The number of nitrogens with one attached hydrogen (secondary N) is 1. The molecule has 1 unspecified atom stereocenters. The number of hydrogen-bond acceptors (Lipinski definition) is 4. The first kappa shape index (κ1) is 16.7. The third-order valence-corrected chi connectivity index (χ3v) is 4.99. The van der Waals surface area contributed by atoms with Crippen LogP contribution in [0.25, 0.3) is 10.9 Å². The van der Waals surface area contributed by atoms with Gasteiger partial charge in [-0.1, -0.05) is 37.6 Å². The average molecular weight is 385 g/mol. The highest BCUT2D eigenvalue weighted by molar-refractivity contribution is 9.10. The molecule has 1 heterocycles. The number of fused-ring (bicyclic) bond motifs is 1. The molecule has 3 N–H and O–H groups in total. The Balaban J connectivity index is 1.92. The van der Waals surface area contributed by atoms with E-state index in [1.807, 2.05) is 18.2 Å². The number of nitrogen functional groups attached to an aromatic ring is 1. The van der Waals surface area contributed by atoms with Gasteiger partial charge < -0.3 is 11.1 Å². The zero-order valence-electron chi connectivity index (χ0n) is 14.1. The second-order valence-electron chi connectivity index (χ2n) is 6.03. The van der Waals surface area contributed by atoms with Crippen LogP contribution in [0.1, 0.15) is 27.2 Å². The van der Waals surface area contributed by atoms with Gasteiger partial charge in [-0.25, -0.2) is 4.98 Å². The molecule has 4 nitrogen and oxygen atoms in total. The lowest BCUT2D eigenvalue weighted by atomic mass is 9.90. The molecule has 0 spiro atoms. The van der Waals surface area contributed by atoms with Gasteiger partial charge in [-0.2, -0.15) is 4.98 Å². The number of anilines is 2. The number of allylic oxidation sites excluding steroid dienone is 5. The molecule has 1 aromatic heterocycles. The van der Waals surface area contributed by atoms with Crippen LogP contribution in [0, 0.1) is 5.92 Å². The topological polar surface area (TPSA) is 63.8 Å². The minimum Gasteiger partial charge on any atom is -0.383 e. The quantitative estimate of drug-likeness (QED) is 0.762. The van der Waals surface area contributed by atoms with Crippen molar-refractivity contribution in [3.05, 3.63) is 57.7 Å². The smallest absolute Gasteiger partial charge is 0.229 e. The maximum Gasteiger partial charge on any atom is 0.229 e. The molecule has 1 aliphatic carbocycles. The maximum absolute atomic E-state index is 6.08. The Hall–Kier alpha value is -2.14. The van der Waals surface area contributed by atoms with Gasteiger partial charge in [-0.05, 0) is 53.1 Å². The normalized spacial score (nSPS) is 19.3. The van der Waals surface area contributed by atoms with Gasteiger partial charge in [-0.3, -0.25) is 0 Å². The Bertz CT molecular complexity index is 880. The summed E-state index contributed by atoms with van der Waals surface area (Å²) in [6, 6.07) is 5.80. The zero-order valence-corrected chi connectivity index (χ0v) is 15.7. The number of nitrogens with zero attached hydrogens (tertiary/aromatic N) is 2. The number of aromatic nitrogens is 2. The van der Waals surface area contributed by atoms with E-state index in [4.69, 9.17) is 5.73 Å². The molecule has 0 radical (unpaired) electrons. The molecule has 1 atom stereocenters. The van der Waals surface area contributed by atoms with Crippen LogP contribution in [0.4, 0.5) is 11.8 Å². The average Bonchev–Trinajstić information content (AvgIpc) is 2.55. The molecule has 0 aliphatic heterocycles. The first-order valence-electron chi connectivity index (χ1n) is 8.08. The summed E-state index contributed by atoms with van der Waals surface area (Å²) in [4.78, 5) is 8.97. The van der Waals surface area contributed by atoms with Crippen molar-refractivity contribution >= 4 is 38.6 Å². The summed E-state index contributed by atoms with van der Waals surface area (Å²) < 4.78 is 0.905. The summed E-state index contributed by atoms with van der Waals surface area (Å²) in [6.45, 7) is 6.57. The molecular formula is C19H21BrN4. The molecule has 0 amide bonds. The van der Waals surface area contributed by atoms with Gasteiger partial charge >= 0.3 is 0 Å². The van der Waals surface area contributed by atoms with E-state index in [9.17, 15) is 0 Å². The van der Waals surface area contributed by atoms with Crippen LogP contribution < -0.4 is 11.1 Å². The lowest BCUT2D eigenvalue weighted by Crippen LogP contribution is -2.10. The molecule has 2 aromatic rings. The molecule has 1 aromatic carbocycles. The predicted octanol–water partition coefficient (Wildman–Crippen LogP) is 5.20. The Morgan fingerprint density at radius 3 is 2.79 bits per heavy atom. The molecular weight excluding hydrogens is 364 g/mol. The van der Waals surface area contributed by atoms with Crippen LogP contribution in [0.3, 0.4) is 0 Å². The van der Waals surface area contributed by atoms with Crippen molar-refractivity contribution in [2.24, 2.45) is 5.92 Å². The fraction of sp³-hybridized carbons (Fsp3) is 0.263. The summed E-state index contributed by atoms with van der Waals surface area (Å²) in [5.74, 6) is 1.34. The Labute approximate surface area is 150 Å². The molecule has 0 saturated carbocycles. The second-order valence-corrected chi connectivity index (χ2v) is 6.88. The third kappa shape index (κ3) is 3.22. The van der Waals surface area contributed by atoms with Gasteiger partial charge in [0.05, 0.1) is 5.52 Å². The minimum absolute atomic E-state index is 0.363. The Morgan fingerprint density at radius 2 is 2.08 bits per heavy atom. The maximum atomic E-state index is 6.08. The van der Waals surface area contributed by atoms with Crippen molar-refractivity contribution in [3.8, 4) is 0 Å². The van der Waals surface area contributed by atoms with E-state index >= 15 is 0 Å².